The number of halogens is 1. The van der Waals surface area contributed by atoms with Gasteiger partial charge in [0.2, 0.25) is 0 Å². The van der Waals surface area contributed by atoms with Crippen LogP contribution in [0.2, 0.25) is 5.02 Å². The summed E-state index contributed by atoms with van der Waals surface area (Å²) in [6.07, 6.45) is 0. The van der Waals surface area contributed by atoms with Gasteiger partial charge in [-0.15, -0.1) is 11.3 Å². The molecule has 4 rings (SSSR count). The monoisotopic (exact) mass is 477 g/mol. The van der Waals surface area contributed by atoms with E-state index in [2.05, 4.69) is 5.32 Å². The zero-order chi connectivity index (χ0) is 23.2. The van der Waals surface area contributed by atoms with Crippen LogP contribution in [-0.4, -0.2) is 18.5 Å². The van der Waals surface area contributed by atoms with E-state index in [1.807, 2.05) is 47.8 Å². The Morgan fingerprint density at radius 3 is 2.39 bits per heavy atom. The van der Waals surface area contributed by atoms with Crippen molar-refractivity contribution >= 4 is 39.8 Å². The summed E-state index contributed by atoms with van der Waals surface area (Å²) in [5, 5.41) is 5.69. The molecule has 5 nitrogen and oxygen atoms in total. The van der Waals surface area contributed by atoms with E-state index < -0.39 is 5.97 Å². The Morgan fingerprint density at radius 1 is 0.939 bits per heavy atom. The van der Waals surface area contributed by atoms with Gasteiger partial charge in [-0.1, -0.05) is 48.0 Å². The summed E-state index contributed by atoms with van der Waals surface area (Å²) in [5.41, 5.74) is 2.19. The van der Waals surface area contributed by atoms with Crippen molar-refractivity contribution in [2.45, 2.75) is 6.92 Å². The van der Waals surface area contributed by atoms with Crippen molar-refractivity contribution in [2.24, 2.45) is 0 Å². The first-order valence-electron chi connectivity index (χ1n) is 10.2. The number of carbonyl (C=O) groups excluding carboxylic acids is 2. The van der Waals surface area contributed by atoms with Gasteiger partial charge in [0.15, 0.2) is 0 Å². The molecule has 7 heteroatoms. The van der Waals surface area contributed by atoms with E-state index in [9.17, 15) is 9.59 Å². The number of amides is 1. The lowest BCUT2D eigenvalue weighted by molar-refractivity contribution is 0.0529. The molecule has 0 atom stereocenters. The summed E-state index contributed by atoms with van der Waals surface area (Å²) in [6, 6.07) is 23.3. The number of benzene rings is 3. The summed E-state index contributed by atoms with van der Waals surface area (Å²) >= 11 is 7.26. The molecule has 0 saturated carbocycles. The molecule has 3 aromatic carbocycles. The molecule has 1 heterocycles. The van der Waals surface area contributed by atoms with Crippen molar-refractivity contribution in [3.63, 3.8) is 0 Å². The topological polar surface area (TPSA) is 64.6 Å². The third kappa shape index (κ3) is 5.42. The van der Waals surface area contributed by atoms with Crippen LogP contribution in [0.1, 0.15) is 27.6 Å². The van der Waals surface area contributed by atoms with Crippen molar-refractivity contribution < 1.29 is 19.1 Å². The molecular formula is C26H20ClNO4S. The summed E-state index contributed by atoms with van der Waals surface area (Å²) in [7, 11) is 0. The number of anilines is 1. The molecule has 0 bridgehead atoms. The van der Waals surface area contributed by atoms with Crippen LogP contribution in [0.15, 0.2) is 84.2 Å². The lowest BCUT2D eigenvalue weighted by Gasteiger charge is -2.10. The van der Waals surface area contributed by atoms with E-state index in [0.717, 1.165) is 5.56 Å². The van der Waals surface area contributed by atoms with E-state index >= 15 is 0 Å². The minimum atomic E-state index is -0.500. The normalized spacial score (nSPS) is 10.5. The molecule has 0 aliphatic rings. The summed E-state index contributed by atoms with van der Waals surface area (Å²) < 4.78 is 11.1. The van der Waals surface area contributed by atoms with Gasteiger partial charge in [0.25, 0.3) is 5.91 Å². The van der Waals surface area contributed by atoms with Crippen LogP contribution in [0, 0.1) is 0 Å². The molecule has 166 valence electrons. The molecule has 0 fully saturated rings. The van der Waals surface area contributed by atoms with Gasteiger partial charge in [0, 0.05) is 21.5 Å². The molecule has 0 aliphatic heterocycles. The Kier molecular flexibility index (Phi) is 7.07. The Labute approximate surface area is 200 Å². The highest BCUT2D eigenvalue weighted by Crippen LogP contribution is 2.37. The summed E-state index contributed by atoms with van der Waals surface area (Å²) in [5.74, 6) is 0.349. The minimum absolute atomic E-state index is 0.223. The van der Waals surface area contributed by atoms with Crippen LogP contribution in [0.3, 0.4) is 0 Å². The minimum Gasteiger partial charge on any atom is -0.462 e. The molecule has 4 aromatic rings. The molecular weight excluding hydrogens is 458 g/mol. The second kappa shape index (κ2) is 10.3. The zero-order valence-corrected chi connectivity index (χ0v) is 19.3. The van der Waals surface area contributed by atoms with E-state index in [1.54, 1.807) is 43.3 Å². The summed E-state index contributed by atoms with van der Waals surface area (Å²) in [4.78, 5) is 25.8. The van der Waals surface area contributed by atoms with Crippen LogP contribution in [-0.2, 0) is 4.74 Å². The number of thiophene rings is 1. The second-order valence-corrected chi connectivity index (χ2v) is 8.29. The van der Waals surface area contributed by atoms with Crippen molar-refractivity contribution in [2.75, 3.05) is 11.9 Å². The SMILES string of the molecule is CCOC(=O)c1c(-c2ccc(Cl)cc2)csc1NC(=O)c1cccc(Oc2ccccc2)c1. The first-order chi connectivity index (χ1) is 16.0. The molecule has 0 radical (unpaired) electrons. The second-order valence-electron chi connectivity index (χ2n) is 6.98. The smallest absolute Gasteiger partial charge is 0.341 e. The number of esters is 1. The van der Waals surface area contributed by atoms with E-state index in [0.29, 0.717) is 38.2 Å². The zero-order valence-electron chi connectivity index (χ0n) is 17.7. The molecule has 0 aliphatic carbocycles. The van der Waals surface area contributed by atoms with E-state index in [4.69, 9.17) is 21.1 Å². The molecule has 0 unspecified atom stereocenters. The third-order valence-corrected chi connectivity index (χ3v) is 5.88. The molecule has 1 amide bonds. The lowest BCUT2D eigenvalue weighted by atomic mass is 10.0. The van der Waals surface area contributed by atoms with Crippen LogP contribution in [0.4, 0.5) is 5.00 Å². The van der Waals surface area contributed by atoms with Gasteiger partial charge in [-0.05, 0) is 55.0 Å². The number of rotatable bonds is 7. The van der Waals surface area contributed by atoms with Gasteiger partial charge in [0.05, 0.1) is 6.61 Å². The van der Waals surface area contributed by atoms with Crippen LogP contribution < -0.4 is 10.1 Å². The van der Waals surface area contributed by atoms with Crippen molar-refractivity contribution in [1.82, 2.24) is 0 Å². The van der Waals surface area contributed by atoms with Gasteiger partial charge in [-0.2, -0.15) is 0 Å². The fourth-order valence-corrected chi connectivity index (χ4v) is 4.28. The number of hydrogen-bond acceptors (Lipinski definition) is 5. The number of para-hydroxylation sites is 1. The fraction of sp³-hybridized carbons (Fsp3) is 0.0769. The van der Waals surface area contributed by atoms with Crippen molar-refractivity contribution in [3.8, 4) is 22.6 Å². The largest absolute Gasteiger partial charge is 0.462 e. The summed E-state index contributed by atoms with van der Waals surface area (Å²) in [6.45, 7) is 1.96. The van der Waals surface area contributed by atoms with Crippen molar-refractivity contribution in [1.29, 1.82) is 0 Å². The Morgan fingerprint density at radius 2 is 1.67 bits per heavy atom. The van der Waals surface area contributed by atoms with Gasteiger partial charge >= 0.3 is 5.97 Å². The number of ether oxygens (including phenoxy) is 2. The number of carbonyl (C=O) groups is 2. The third-order valence-electron chi connectivity index (χ3n) is 4.73. The lowest BCUT2D eigenvalue weighted by Crippen LogP contribution is -2.14. The maximum Gasteiger partial charge on any atom is 0.341 e. The molecule has 0 saturated heterocycles. The Balaban J connectivity index is 1.61. The van der Waals surface area contributed by atoms with Crippen LogP contribution in [0.5, 0.6) is 11.5 Å². The standard InChI is InChI=1S/C26H20ClNO4S/c1-2-31-26(30)23-22(17-11-13-19(27)14-12-17)16-33-25(23)28-24(29)18-7-6-10-21(15-18)32-20-8-4-3-5-9-20/h3-16H,2H2,1H3,(H,28,29). The highest BCUT2D eigenvalue weighted by molar-refractivity contribution is 7.15. The van der Waals surface area contributed by atoms with Gasteiger partial charge in [0.1, 0.15) is 22.1 Å². The molecule has 1 aromatic heterocycles. The Hall–Kier alpha value is -3.61. The van der Waals surface area contributed by atoms with E-state index in [-0.39, 0.29) is 12.5 Å². The quantitative estimate of drug-likeness (QED) is 0.284. The molecule has 1 N–H and O–H groups in total. The van der Waals surface area contributed by atoms with Crippen LogP contribution in [0.25, 0.3) is 11.1 Å². The van der Waals surface area contributed by atoms with Crippen molar-refractivity contribution in [3.05, 3.63) is 100 Å². The van der Waals surface area contributed by atoms with E-state index in [1.165, 1.54) is 11.3 Å². The maximum absolute atomic E-state index is 13.0. The first-order valence-corrected chi connectivity index (χ1v) is 11.5. The predicted molar refractivity (Wildman–Crippen MR) is 132 cm³/mol. The average Bonchev–Trinajstić information content (AvgIpc) is 3.24. The number of nitrogens with one attached hydrogen (secondary N) is 1. The number of hydrogen-bond donors (Lipinski definition) is 1. The van der Waals surface area contributed by atoms with Gasteiger partial charge in [-0.25, -0.2) is 4.79 Å². The molecule has 33 heavy (non-hydrogen) atoms. The maximum atomic E-state index is 13.0. The highest BCUT2D eigenvalue weighted by atomic mass is 35.5. The first kappa shape index (κ1) is 22.6. The predicted octanol–water partition coefficient (Wildman–Crippen LogP) is 7.29. The van der Waals surface area contributed by atoms with Gasteiger partial charge < -0.3 is 14.8 Å². The highest BCUT2D eigenvalue weighted by Gasteiger charge is 2.23. The fourth-order valence-electron chi connectivity index (χ4n) is 3.20. The van der Waals surface area contributed by atoms with Gasteiger partial charge in [-0.3, -0.25) is 4.79 Å². The Bertz CT molecular complexity index is 1270. The average molecular weight is 478 g/mol. The van der Waals surface area contributed by atoms with Crippen LogP contribution >= 0.6 is 22.9 Å². The molecule has 0 spiro atoms.